The molecule has 0 spiro atoms. The second-order valence-corrected chi connectivity index (χ2v) is 1.81. The standard InChI is InChI=1S/C5H8N4O/c6-5(7)9-4(3-10)1-2-8-9/h1-3,5H,6-7H2. The van der Waals surface area contributed by atoms with E-state index in [1.807, 2.05) is 0 Å². The Morgan fingerprint density at radius 3 is 2.80 bits per heavy atom. The fourth-order valence-electron chi connectivity index (χ4n) is 0.667. The van der Waals surface area contributed by atoms with Gasteiger partial charge in [-0.3, -0.25) is 16.3 Å². The second-order valence-electron chi connectivity index (χ2n) is 1.81. The minimum Gasteiger partial charge on any atom is -0.297 e. The number of aromatic nitrogens is 2. The number of nitrogens with zero attached hydrogens (tertiary/aromatic N) is 2. The largest absolute Gasteiger partial charge is 0.297 e. The molecule has 5 heteroatoms. The maximum atomic E-state index is 10.2. The number of hydrogen-bond acceptors (Lipinski definition) is 4. The van der Waals surface area contributed by atoms with Gasteiger partial charge >= 0.3 is 0 Å². The quantitative estimate of drug-likeness (QED) is 0.410. The molecule has 0 aliphatic carbocycles. The van der Waals surface area contributed by atoms with Crippen LogP contribution in [0.3, 0.4) is 0 Å². The third-order valence-electron chi connectivity index (χ3n) is 1.10. The van der Waals surface area contributed by atoms with E-state index in [9.17, 15) is 4.79 Å². The van der Waals surface area contributed by atoms with Gasteiger partial charge < -0.3 is 0 Å². The Labute approximate surface area is 57.6 Å². The van der Waals surface area contributed by atoms with Gasteiger partial charge in [-0.2, -0.15) is 5.10 Å². The molecular formula is C5H8N4O. The lowest BCUT2D eigenvalue weighted by Crippen LogP contribution is -2.29. The van der Waals surface area contributed by atoms with Crippen molar-refractivity contribution < 1.29 is 4.79 Å². The van der Waals surface area contributed by atoms with Crippen LogP contribution < -0.4 is 11.5 Å². The van der Waals surface area contributed by atoms with Gasteiger partial charge in [0, 0.05) is 6.20 Å². The third kappa shape index (κ3) is 1.04. The molecule has 5 nitrogen and oxygen atoms in total. The molecule has 54 valence electrons. The molecule has 0 saturated heterocycles. The Balaban J connectivity index is 3.01. The van der Waals surface area contributed by atoms with Crippen molar-refractivity contribution in [2.24, 2.45) is 11.5 Å². The van der Waals surface area contributed by atoms with E-state index in [0.717, 1.165) is 0 Å². The molecule has 0 saturated carbocycles. The monoisotopic (exact) mass is 140 g/mol. The zero-order valence-corrected chi connectivity index (χ0v) is 5.27. The zero-order chi connectivity index (χ0) is 7.56. The molecule has 1 aromatic heterocycles. The summed E-state index contributed by atoms with van der Waals surface area (Å²) in [5.41, 5.74) is 10.9. The molecule has 0 radical (unpaired) electrons. The van der Waals surface area contributed by atoms with Crippen molar-refractivity contribution in [1.82, 2.24) is 9.78 Å². The fourth-order valence-corrected chi connectivity index (χ4v) is 0.667. The summed E-state index contributed by atoms with van der Waals surface area (Å²) < 4.78 is 1.24. The summed E-state index contributed by atoms with van der Waals surface area (Å²) in [5.74, 6) is 0. The van der Waals surface area contributed by atoms with Gasteiger partial charge in [0.15, 0.2) is 12.6 Å². The molecular weight excluding hydrogens is 132 g/mol. The lowest BCUT2D eigenvalue weighted by atomic mass is 10.5. The molecule has 0 fully saturated rings. The highest BCUT2D eigenvalue weighted by atomic mass is 16.1. The minimum atomic E-state index is -0.741. The third-order valence-corrected chi connectivity index (χ3v) is 1.10. The first-order valence-corrected chi connectivity index (χ1v) is 2.75. The fraction of sp³-hybridized carbons (Fsp3) is 0.200. The molecule has 0 bridgehead atoms. The van der Waals surface area contributed by atoms with Crippen LogP contribution in [-0.4, -0.2) is 16.1 Å². The Morgan fingerprint density at radius 1 is 1.70 bits per heavy atom. The SMILES string of the molecule is NC(N)n1nccc1C=O. The van der Waals surface area contributed by atoms with E-state index in [-0.39, 0.29) is 0 Å². The molecule has 1 aromatic rings. The van der Waals surface area contributed by atoms with Crippen molar-refractivity contribution in [3.05, 3.63) is 18.0 Å². The van der Waals surface area contributed by atoms with Crippen LogP contribution >= 0.6 is 0 Å². The summed E-state index contributed by atoms with van der Waals surface area (Å²) in [6, 6.07) is 1.54. The average Bonchev–Trinajstić information content (AvgIpc) is 2.33. The number of aldehydes is 1. The van der Waals surface area contributed by atoms with E-state index in [1.54, 1.807) is 6.07 Å². The molecule has 4 N–H and O–H groups in total. The number of hydrogen-bond donors (Lipinski definition) is 2. The van der Waals surface area contributed by atoms with Crippen LogP contribution in [0.5, 0.6) is 0 Å². The molecule has 0 aromatic carbocycles. The van der Waals surface area contributed by atoms with Gasteiger partial charge in [0.1, 0.15) is 5.69 Å². The predicted octanol–water partition coefficient (Wildman–Crippen LogP) is -0.931. The van der Waals surface area contributed by atoms with Crippen LogP contribution in [0.4, 0.5) is 0 Å². The highest BCUT2D eigenvalue weighted by molar-refractivity contribution is 5.71. The summed E-state index contributed by atoms with van der Waals surface area (Å²) in [7, 11) is 0. The Bertz CT molecular complexity index is 229. The first kappa shape index (κ1) is 6.91. The lowest BCUT2D eigenvalue weighted by Gasteiger charge is -2.05. The summed E-state index contributed by atoms with van der Waals surface area (Å²) in [4.78, 5) is 10.2. The van der Waals surface area contributed by atoms with Gasteiger partial charge in [0.25, 0.3) is 0 Å². The average molecular weight is 140 g/mol. The molecule has 0 amide bonds. The molecule has 1 heterocycles. The van der Waals surface area contributed by atoms with Crippen LogP contribution in [-0.2, 0) is 0 Å². The number of rotatable bonds is 2. The van der Waals surface area contributed by atoms with E-state index < -0.39 is 6.29 Å². The van der Waals surface area contributed by atoms with Crippen molar-refractivity contribution >= 4 is 6.29 Å². The summed E-state index contributed by atoms with van der Waals surface area (Å²) >= 11 is 0. The van der Waals surface area contributed by atoms with Crippen molar-refractivity contribution in [3.63, 3.8) is 0 Å². The van der Waals surface area contributed by atoms with Crippen LogP contribution in [0.25, 0.3) is 0 Å². The number of carbonyl (C=O) groups excluding carboxylic acids is 1. The van der Waals surface area contributed by atoms with Crippen molar-refractivity contribution in [2.75, 3.05) is 0 Å². The van der Waals surface area contributed by atoms with E-state index in [4.69, 9.17) is 11.5 Å². The lowest BCUT2D eigenvalue weighted by molar-refractivity contribution is 0.111. The Kier molecular flexibility index (Phi) is 1.79. The van der Waals surface area contributed by atoms with Crippen molar-refractivity contribution in [3.8, 4) is 0 Å². The smallest absolute Gasteiger partial charge is 0.168 e. The van der Waals surface area contributed by atoms with Gasteiger partial charge in [-0.05, 0) is 6.07 Å². The van der Waals surface area contributed by atoms with Crippen molar-refractivity contribution in [1.29, 1.82) is 0 Å². The zero-order valence-electron chi connectivity index (χ0n) is 5.27. The Morgan fingerprint density at radius 2 is 2.40 bits per heavy atom. The van der Waals surface area contributed by atoms with Crippen LogP contribution in [0.2, 0.25) is 0 Å². The van der Waals surface area contributed by atoms with Crippen LogP contribution in [0, 0.1) is 0 Å². The minimum absolute atomic E-state index is 0.384. The van der Waals surface area contributed by atoms with Crippen LogP contribution in [0.1, 0.15) is 16.8 Å². The van der Waals surface area contributed by atoms with Gasteiger partial charge in [0.05, 0.1) is 0 Å². The first-order chi connectivity index (χ1) is 4.75. The van der Waals surface area contributed by atoms with E-state index in [2.05, 4.69) is 5.10 Å². The summed E-state index contributed by atoms with van der Waals surface area (Å²) in [6.07, 6.45) is 1.38. The topological polar surface area (TPSA) is 86.9 Å². The van der Waals surface area contributed by atoms with Crippen LogP contribution in [0.15, 0.2) is 12.3 Å². The van der Waals surface area contributed by atoms with E-state index in [1.165, 1.54) is 10.9 Å². The molecule has 0 aliphatic rings. The molecule has 0 unspecified atom stereocenters. The molecule has 0 atom stereocenters. The van der Waals surface area contributed by atoms with E-state index in [0.29, 0.717) is 12.0 Å². The van der Waals surface area contributed by atoms with Gasteiger partial charge in [-0.15, -0.1) is 0 Å². The van der Waals surface area contributed by atoms with Gasteiger partial charge in [-0.25, -0.2) is 4.68 Å². The maximum Gasteiger partial charge on any atom is 0.168 e. The highest BCUT2D eigenvalue weighted by Crippen LogP contribution is 1.95. The molecule has 0 aliphatic heterocycles. The summed E-state index contributed by atoms with van der Waals surface area (Å²) in [5, 5.41) is 3.72. The number of nitrogens with two attached hydrogens (primary N) is 2. The van der Waals surface area contributed by atoms with E-state index >= 15 is 0 Å². The van der Waals surface area contributed by atoms with Crippen molar-refractivity contribution in [2.45, 2.75) is 6.29 Å². The maximum absolute atomic E-state index is 10.2. The molecule has 10 heavy (non-hydrogen) atoms. The normalized spacial score (nSPS) is 10.3. The second kappa shape index (κ2) is 2.59. The highest BCUT2D eigenvalue weighted by Gasteiger charge is 2.03. The van der Waals surface area contributed by atoms with Gasteiger partial charge in [-0.1, -0.05) is 0 Å². The molecule has 1 rings (SSSR count). The predicted molar refractivity (Wildman–Crippen MR) is 35.0 cm³/mol. The first-order valence-electron chi connectivity index (χ1n) is 2.75. The number of carbonyl (C=O) groups is 1. The van der Waals surface area contributed by atoms with Gasteiger partial charge in [0.2, 0.25) is 0 Å². The summed E-state index contributed by atoms with van der Waals surface area (Å²) in [6.45, 7) is 0. The Hall–Kier alpha value is -1.20.